The Morgan fingerprint density at radius 2 is 1.94 bits per heavy atom. The fourth-order valence-corrected chi connectivity index (χ4v) is 1.69. The van der Waals surface area contributed by atoms with Gasteiger partial charge in [-0.05, 0) is 24.3 Å². The zero-order chi connectivity index (χ0) is 12.4. The number of ether oxygens (including phenoxy) is 1. The molecule has 4 nitrogen and oxygen atoms in total. The van der Waals surface area contributed by atoms with Crippen LogP contribution in [0.2, 0.25) is 5.02 Å². The van der Waals surface area contributed by atoms with Crippen molar-refractivity contribution >= 4 is 39.0 Å². The highest BCUT2D eigenvalue weighted by Gasteiger charge is 2.06. The van der Waals surface area contributed by atoms with Gasteiger partial charge in [0.15, 0.2) is 5.82 Å². The number of nitrogens with zero attached hydrogens (tertiary/aromatic N) is 1. The summed E-state index contributed by atoms with van der Waals surface area (Å²) in [6.45, 7) is 0. The minimum atomic E-state index is 0.230. The van der Waals surface area contributed by atoms with Crippen molar-refractivity contribution in [3.8, 4) is 11.6 Å². The van der Waals surface area contributed by atoms with E-state index >= 15 is 0 Å². The first-order chi connectivity index (χ1) is 8.06. The third-order valence-electron chi connectivity index (χ3n) is 2.04. The Kier molecular flexibility index (Phi) is 3.40. The molecule has 0 aliphatic rings. The average molecular weight is 315 g/mol. The molecule has 2 aromatic rings. The monoisotopic (exact) mass is 313 g/mol. The molecule has 6 heteroatoms. The van der Waals surface area contributed by atoms with Gasteiger partial charge in [0.05, 0.1) is 10.7 Å². The van der Waals surface area contributed by atoms with Gasteiger partial charge in [-0.25, -0.2) is 0 Å². The molecule has 0 aliphatic carbocycles. The second-order valence-corrected chi connectivity index (χ2v) is 4.62. The quantitative estimate of drug-likeness (QED) is 0.890. The van der Waals surface area contributed by atoms with Crippen LogP contribution in [0.1, 0.15) is 0 Å². The van der Waals surface area contributed by atoms with Gasteiger partial charge in [0.2, 0.25) is 5.88 Å². The van der Waals surface area contributed by atoms with E-state index in [9.17, 15) is 0 Å². The van der Waals surface area contributed by atoms with Crippen molar-refractivity contribution in [3.05, 3.63) is 39.8 Å². The summed E-state index contributed by atoms with van der Waals surface area (Å²) in [5, 5.41) is 0.491. The number of hydrogen-bond acceptors (Lipinski definition) is 4. The van der Waals surface area contributed by atoms with Crippen LogP contribution in [0.15, 0.2) is 34.8 Å². The maximum absolute atomic E-state index is 5.99. The zero-order valence-corrected chi connectivity index (χ0v) is 11.0. The molecule has 88 valence electrons. The molecule has 0 aliphatic heterocycles. The Morgan fingerprint density at radius 1 is 1.18 bits per heavy atom. The molecular weight excluding hydrogens is 305 g/mol. The smallest absolute Gasteiger partial charge is 0.221 e. The molecule has 0 saturated heterocycles. The fourth-order valence-electron chi connectivity index (χ4n) is 1.19. The summed E-state index contributed by atoms with van der Waals surface area (Å²) >= 11 is 9.32. The van der Waals surface area contributed by atoms with Gasteiger partial charge in [-0.3, -0.25) is 0 Å². The SMILES string of the molecule is Nc1ccc(Oc2cc(Br)ccc2Cl)nc1N. The van der Waals surface area contributed by atoms with E-state index in [0.29, 0.717) is 22.3 Å². The van der Waals surface area contributed by atoms with Gasteiger partial charge in [-0.15, -0.1) is 0 Å². The summed E-state index contributed by atoms with van der Waals surface area (Å²) < 4.78 is 6.38. The number of benzene rings is 1. The maximum atomic E-state index is 5.99. The first-order valence-corrected chi connectivity index (χ1v) is 5.88. The van der Waals surface area contributed by atoms with Crippen LogP contribution in [0.25, 0.3) is 0 Å². The predicted molar refractivity (Wildman–Crippen MR) is 72.3 cm³/mol. The summed E-state index contributed by atoms with van der Waals surface area (Å²) in [5.41, 5.74) is 11.6. The second kappa shape index (κ2) is 4.81. The highest BCUT2D eigenvalue weighted by Crippen LogP contribution is 2.31. The normalized spacial score (nSPS) is 10.2. The van der Waals surface area contributed by atoms with E-state index in [4.69, 9.17) is 27.8 Å². The molecule has 2 rings (SSSR count). The average Bonchev–Trinajstić information content (AvgIpc) is 2.29. The van der Waals surface area contributed by atoms with Crippen LogP contribution in [0, 0.1) is 0 Å². The molecule has 1 aromatic heterocycles. The van der Waals surface area contributed by atoms with Crippen molar-refractivity contribution in [1.29, 1.82) is 0 Å². The Hall–Kier alpha value is -1.46. The minimum Gasteiger partial charge on any atom is -0.437 e. The number of anilines is 2. The van der Waals surface area contributed by atoms with Gasteiger partial charge >= 0.3 is 0 Å². The van der Waals surface area contributed by atoms with Gasteiger partial charge in [0.25, 0.3) is 0 Å². The second-order valence-electron chi connectivity index (χ2n) is 3.30. The highest BCUT2D eigenvalue weighted by molar-refractivity contribution is 9.10. The predicted octanol–water partition coefficient (Wildman–Crippen LogP) is 3.45. The molecule has 0 bridgehead atoms. The van der Waals surface area contributed by atoms with E-state index in [-0.39, 0.29) is 5.82 Å². The minimum absolute atomic E-state index is 0.230. The van der Waals surface area contributed by atoms with Gasteiger partial charge in [-0.2, -0.15) is 4.98 Å². The van der Waals surface area contributed by atoms with Crippen LogP contribution in [0.5, 0.6) is 11.6 Å². The van der Waals surface area contributed by atoms with E-state index in [1.807, 2.05) is 6.07 Å². The lowest BCUT2D eigenvalue weighted by molar-refractivity contribution is 0.464. The molecule has 1 heterocycles. The van der Waals surface area contributed by atoms with E-state index < -0.39 is 0 Å². The number of aromatic nitrogens is 1. The Morgan fingerprint density at radius 3 is 2.65 bits per heavy atom. The number of rotatable bonds is 2. The first-order valence-electron chi connectivity index (χ1n) is 4.71. The largest absolute Gasteiger partial charge is 0.437 e. The van der Waals surface area contributed by atoms with Crippen LogP contribution >= 0.6 is 27.5 Å². The lowest BCUT2D eigenvalue weighted by atomic mass is 10.3. The van der Waals surface area contributed by atoms with Crippen LogP contribution in [-0.4, -0.2) is 4.98 Å². The molecule has 4 N–H and O–H groups in total. The van der Waals surface area contributed by atoms with Crippen molar-refractivity contribution in [3.63, 3.8) is 0 Å². The maximum Gasteiger partial charge on any atom is 0.221 e. The summed E-state index contributed by atoms with van der Waals surface area (Å²) in [5.74, 6) is 1.07. The summed E-state index contributed by atoms with van der Waals surface area (Å²) in [6, 6.07) is 8.55. The van der Waals surface area contributed by atoms with Crippen molar-refractivity contribution in [2.45, 2.75) is 0 Å². The van der Waals surface area contributed by atoms with Gasteiger partial charge in [-0.1, -0.05) is 27.5 Å². The molecule has 0 saturated carbocycles. The van der Waals surface area contributed by atoms with E-state index in [1.54, 1.807) is 24.3 Å². The summed E-state index contributed by atoms with van der Waals surface area (Å²) in [4.78, 5) is 4.00. The number of hydrogen-bond donors (Lipinski definition) is 2. The molecule has 1 aromatic carbocycles. The third-order valence-corrected chi connectivity index (χ3v) is 2.85. The Labute approximate surface area is 112 Å². The van der Waals surface area contributed by atoms with Crippen LogP contribution in [0.4, 0.5) is 11.5 Å². The molecule has 0 unspecified atom stereocenters. The van der Waals surface area contributed by atoms with Crippen molar-refractivity contribution in [2.24, 2.45) is 0 Å². The molecule has 0 radical (unpaired) electrons. The van der Waals surface area contributed by atoms with Crippen LogP contribution in [0.3, 0.4) is 0 Å². The van der Waals surface area contributed by atoms with E-state index in [2.05, 4.69) is 20.9 Å². The van der Waals surface area contributed by atoms with Gasteiger partial charge < -0.3 is 16.2 Å². The number of nitrogens with two attached hydrogens (primary N) is 2. The lowest BCUT2D eigenvalue weighted by Crippen LogP contribution is -1.99. The number of pyridine rings is 1. The van der Waals surface area contributed by atoms with E-state index in [1.165, 1.54) is 0 Å². The van der Waals surface area contributed by atoms with E-state index in [0.717, 1.165) is 4.47 Å². The summed E-state index contributed by atoms with van der Waals surface area (Å²) in [6.07, 6.45) is 0. The first kappa shape index (κ1) is 12.0. The third kappa shape index (κ3) is 2.81. The lowest BCUT2D eigenvalue weighted by Gasteiger charge is -2.08. The molecular formula is C11H9BrClN3O. The molecule has 17 heavy (non-hydrogen) atoms. The fraction of sp³-hybridized carbons (Fsp3) is 0. The van der Waals surface area contributed by atoms with Crippen molar-refractivity contribution < 1.29 is 4.74 Å². The molecule has 0 atom stereocenters. The zero-order valence-electron chi connectivity index (χ0n) is 8.65. The highest BCUT2D eigenvalue weighted by atomic mass is 79.9. The van der Waals surface area contributed by atoms with Crippen LogP contribution < -0.4 is 16.2 Å². The van der Waals surface area contributed by atoms with Gasteiger partial charge in [0, 0.05) is 10.5 Å². The van der Waals surface area contributed by atoms with Crippen molar-refractivity contribution in [2.75, 3.05) is 11.5 Å². The topological polar surface area (TPSA) is 74.2 Å². The van der Waals surface area contributed by atoms with Crippen molar-refractivity contribution in [1.82, 2.24) is 4.98 Å². The number of halogens is 2. The molecule has 0 amide bonds. The Bertz CT molecular complexity index is 562. The molecule has 0 fully saturated rings. The summed E-state index contributed by atoms with van der Waals surface area (Å²) in [7, 11) is 0. The molecule has 0 spiro atoms. The Balaban J connectivity index is 2.31. The van der Waals surface area contributed by atoms with Gasteiger partial charge in [0.1, 0.15) is 5.75 Å². The van der Waals surface area contributed by atoms with Crippen LogP contribution in [-0.2, 0) is 0 Å². The standard InChI is InChI=1S/C11H9BrClN3O/c12-6-1-2-7(13)9(5-6)17-10-4-3-8(14)11(15)16-10/h1-5H,14H2,(H2,15,16). The number of nitrogen functional groups attached to an aromatic ring is 2.